The maximum atomic E-state index is 6.32. The van der Waals surface area contributed by atoms with Crippen LogP contribution in [0, 0.1) is 0 Å². The van der Waals surface area contributed by atoms with E-state index >= 15 is 0 Å². The molecule has 0 bridgehead atoms. The molecule has 2 aromatic rings. The van der Waals surface area contributed by atoms with Crippen LogP contribution >= 0.6 is 11.6 Å². The van der Waals surface area contributed by atoms with E-state index in [0.717, 1.165) is 5.69 Å². The minimum atomic E-state index is 0.0767. The quantitative estimate of drug-likeness (QED) is 0.917. The molecule has 2 aliphatic heterocycles. The molecule has 0 amide bonds. The van der Waals surface area contributed by atoms with Crippen LogP contribution in [0.5, 0.6) is 11.5 Å². The van der Waals surface area contributed by atoms with Gasteiger partial charge in [-0.15, -0.1) is 0 Å². The van der Waals surface area contributed by atoms with Crippen LogP contribution in [0.1, 0.15) is 17.2 Å². The van der Waals surface area contributed by atoms with E-state index in [2.05, 4.69) is 17.4 Å². The Morgan fingerprint density at radius 2 is 1.90 bits per heavy atom. The summed E-state index contributed by atoms with van der Waals surface area (Å²) in [6.07, 6.45) is 0. The van der Waals surface area contributed by atoms with Gasteiger partial charge in [0.25, 0.3) is 0 Å². The fourth-order valence-corrected chi connectivity index (χ4v) is 2.93. The first kappa shape index (κ1) is 12.8. The van der Waals surface area contributed by atoms with Gasteiger partial charge in [0.15, 0.2) is 11.5 Å². The Morgan fingerprint density at radius 3 is 2.81 bits per heavy atom. The molecule has 0 fully saturated rings. The number of fused-ring (bicyclic) bond motifs is 2. The molecule has 2 aromatic carbocycles. The van der Waals surface area contributed by atoms with Gasteiger partial charge in [-0.1, -0.05) is 35.9 Å². The summed E-state index contributed by atoms with van der Waals surface area (Å²) in [5.74, 6) is 1.40. The van der Waals surface area contributed by atoms with Gasteiger partial charge in [-0.25, -0.2) is 0 Å². The third-order valence-corrected chi connectivity index (χ3v) is 4.08. The Bertz CT molecular complexity index is 689. The fraction of sp³-hybridized carbons (Fsp3) is 0.250. The van der Waals surface area contributed by atoms with E-state index < -0.39 is 0 Å². The number of anilines is 1. The van der Waals surface area contributed by atoms with Gasteiger partial charge < -0.3 is 19.5 Å². The average molecular weight is 304 g/mol. The lowest BCUT2D eigenvalue weighted by Crippen LogP contribution is -2.23. The molecule has 108 valence electrons. The third kappa shape index (κ3) is 2.30. The SMILES string of the molecule is Clc1cc2c(cc1NC1COCc3ccccc31)OCO2. The van der Waals surface area contributed by atoms with Crippen molar-refractivity contribution in [3.05, 3.63) is 52.5 Å². The summed E-state index contributed by atoms with van der Waals surface area (Å²) in [5, 5.41) is 4.06. The van der Waals surface area contributed by atoms with Crippen LogP contribution in [0.2, 0.25) is 5.02 Å². The van der Waals surface area contributed by atoms with E-state index in [0.29, 0.717) is 29.7 Å². The van der Waals surface area contributed by atoms with Crippen molar-refractivity contribution in [1.82, 2.24) is 0 Å². The van der Waals surface area contributed by atoms with Crippen molar-refractivity contribution in [2.45, 2.75) is 12.6 Å². The fourth-order valence-electron chi connectivity index (χ4n) is 2.72. The molecule has 5 heteroatoms. The zero-order valence-corrected chi connectivity index (χ0v) is 12.0. The predicted octanol–water partition coefficient (Wildman–Crippen LogP) is 3.75. The highest BCUT2D eigenvalue weighted by molar-refractivity contribution is 6.33. The van der Waals surface area contributed by atoms with E-state index in [1.807, 2.05) is 18.2 Å². The lowest BCUT2D eigenvalue weighted by molar-refractivity contribution is 0.0970. The minimum absolute atomic E-state index is 0.0767. The van der Waals surface area contributed by atoms with Gasteiger partial charge >= 0.3 is 0 Å². The molecule has 1 N–H and O–H groups in total. The Hall–Kier alpha value is -1.91. The molecule has 4 rings (SSSR count). The Labute approximate surface area is 127 Å². The molecule has 2 heterocycles. The molecule has 4 nitrogen and oxygen atoms in total. The smallest absolute Gasteiger partial charge is 0.231 e. The molecule has 0 aromatic heterocycles. The second kappa shape index (κ2) is 5.13. The van der Waals surface area contributed by atoms with E-state index in [4.69, 9.17) is 25.8 Å². The average Bonchev–Trinajstić information content (AvgIpc) is 2.95. The molecule has 0 saturated carbocycles. The van der Waals surface area contributed by atoms with Crippen LogP contribution in [0.4, 0.5) is 5.69 Å². The number of hydrogen-bond acceptors (Lipinski definition) is 4. The first-order valence-electron chi connectivity index (χ1n) is 6.82. The molecule has 2 aliphatic rings. The van der Waals surface area contributed by atoms with Crippen molar-refractivity contribution < 1.29 is 14.2 Å². The summed E-state index contributed by atoms with van der Waals surface area (Å²) in [7, 11) is 0. The van der Waals surface area contributed by atoms with Crippen molar-refractivity contribution in [3.8, 4) is 11.5 Å². The standard InChI is InChI=1S/C16H14ClNO3/c17-12-5-15-16(21-9-20-15)6-13(12)18-14-8-19-7-10-3-1-2-4-11(10)14/h1-6,14,18H,7-9H2. The summed E-state index contributed by atoms with van der Waals surface area (Å²) in [6, 6.07) is 12.0. The molecule has 0 aliphatic carbocycles. The number of halogens is 1. The highest BCUT2D eigenvalue weighted by Gasteiger charge is 2.23. The number of nitrogens with one attached hydrogen (secondary N) is 1. The van der Waals surface area contributed by atoms with E-state index in [1.54, 1.807) is 6.07 Å². The zero-order chi connectivity index (χ0) is 14.2. The highest BCUT2D eigenvalue weighted by atomic mass is 35.5. The van der Waals surface area contributed by atoms with Crippen LogP contribution in [-0.2, 0) is 11.3 Å². The van der Waals surface area contributed by atoms with Crippen molar-refractivity contribution in [3.63, 3.8) is 0 Å². The first-order chi connectivity index (χ1) is 10.3. The zero-order valence-electron chi connectivity index (χ0n) is 11.3. The lowest BCUT2D eigenvalue weighted by Gasteiger charge is -2.27. The van der Waals surface area contributed by atoms with Crippen LogP contribution in [0.25, 0.3) is 0 Å². The molecule has 0 spiro atoms. The van der Waals surface area contributed by atoms with Gasteiger partial charge in [-0.3, -0.25) is 0 Å². The van der Waals surface area contributed by atoms with Crippen LogP contribution in [-0.4, -0.2) is 13.4 Å². The minimum Gasteiger partial charge on any atom is -0.454 e. The number of benzene rings is 2. The van der Waals surface area contributed by atoms with Crippen LogP contribution in [0.15, 0.2) is 36.4 Å². The molecule has 1 atom stereocenters. The van der Waals surface area contributed by atoms with E-state index in [1.165, 1.54) is 11.1 Å². The van der Waals surface area contributed by atoms with Crippen molar-refractivity contribution >= 4 is 17.3 Å². The van der Waals surface area contributed by atoms with Crippen LogP contribution in [0.3, 0.4) is 0 Å². The molecule has 1 unspecified atom stereocenters. The maximum Gasteiger partial charge on any atom is 0.231 e. The molecule has 0 saturated heterocycles. The number of ether oxygens (including phenoxy) is 3. The van der Waals surface area contributed by atoms with Gasteiger partial charge in [-0.05, 0) is 11.1 Å². The monoisotopic (exact) mass is 303 g/mol. The predicted molar refractivity (Wildman–Crippen MR) is 80.0 cm³/mol. The van der Waals surface area contributed by atoms with E-state index in [-0.39, 0.29) is 12.8 Å². The second-order valence-corrected chi connectivity index (χ2v) is 5.50. The van der Waals surface area contributed by atoms with Gasteiger partial charge in [-0.2, -0.15) is 0 Å². The van der Waals surface area contributed by atoms with Gasteiger partial charge in [0.2, 0.25) is 6.79 Å². The maximum absolute atomic E-state index is 6.32. The summed E-state index contributed by atoms with van der Waals surface area (Å²) in [6.45, 7) is 1.51. The third-order valence-electron chi connectivity index (χ3n) is 3.76. The number of hydrogen-bond donors (Lipinski definition) is 1. The molecular formula is C16H14ClNO3. The molecule has 21 heavy (non-hydrogen) atoms. The summed E-state index contributed by atoms with van der Waals surface area (Å²) >= 11 is 6.32. The number of rotatable bonds is 2. The topological polar surface area (TPSA) is 39.7 Å². The highest BCUT2D eigenvalue weighted by Crippen LogP contribution is 2.40. The normalized spacial score (nSPS) is 19.2. The lowest BCUT2D eigenvalue weighted by atomic mass is 9.99. The first-order valence-corrected chi connectivity index (χ1v) is 7.20. The largest absolute Gasteiger partial charge is 0.454 e. The summed E-state index contributed by atoms with van der Waals surface area (Å²) in [5.41, 5.74) is 3.28. The van der Waals surface area contributed by atoms with Crippen molar-refractivity contribution in [2.24, 2.45) is 0 Å². The van der Waals surface area contributed by atoms with Crippen LogP contribution < -0.4 is 14.8 Å². The summed E-state index contributed by atoms with van der Waals surface area (Å²) in [4.78, 5) is 0. The van der Waals surface area contributed by atoms with Gasteiger partial charge in [0.05, 0.1) is 30.0 Å². The van der Waals surface area contributed by atoms with Gasteiger partial charge in [0, 0.05) is 12.1 Å². The van der Waals surface area contributed by atoms with Gasteiger partial charge in [0.1, 0.15) is 0 Å². The molecule has 0 radical (unpaired) electrons. The molecular weight excluding hydrogens is 290 g/mol. The van der Waals surface area contributed by atoms with Crippen molar-refractivity contribution in [1.29, 1.82) is 0 Å². The van der Waals surface area contributed by atoms with E-state index in [9.17, 15) is 0 Å². The Balaban J connectivity index is 1.65. The second-order valence-electron chi connectivity index (χ2n) is 5.10. The summed E-state index contributed by atoms with van der Waals surface area (Å²) < 4.78 is 16.4. The Morgan fingerprint density at radius 1 is 1.10 bits per heavy atom. The Kier molecular flexibility index (Phi) is 3.13. The van der Waals surface area contributed by atoms with Crippen molar-refractivity contribution in [2.75, 3.05) is 18.7 Å².